The van der Waals surface area contributed by atoms with E-state index in [-0.39, 0.29) is 18.6 Å². The number of methoxy groups -OCH3 is 1. The van der Waals surface area contributed by atoms with Crippen molar-refractivity contribution in [1.82, 2.24) is 0 Å². The normalized spacial score (nSPS) is 11.1. The van der Waals surface area contributed by atoms with Crippen molar-refractivity contribution in [3.05, 3.63) is 22.7 Å². The van der Waals surface area contributed by atoms with Crippen LogP contribution in [0.15, 0.2) is 22.7 Å². The van der Waals surface area contributed by atoms with Gasteiger partial charge in [0.2, 0.25) is 10.0 Å². The highest BCUT2D eigenvalue weighted by Crippen LogP contribution is 2.25. The summed E-state index contributed by atoms with van der Waals surface area (Å²) in [6.07, 6.45) is 0.273. The minimum atomic E-state index is -3.50. The molecule has 6 nitrogen and oxygen atoms in total. The molecular formula is C11H15BrN2O4S. The molecule has 0 unspecified atom stereocenters. The highest BCUT2D eigenvalue weighted by molar-refractivity contribution is 9.10. The third-order valence-corrected chi connectivity index (χ3v) is 4.29. The van der Waals surface area contributed by atoms with E-state index in [0.29, 0.717) is 15.8 Å². The highest BCUT2D eigenvalue weighted by Gasteiger charge is 2.13. The molecular weight excluding hydrogens is 336 g/mol. The fourth-order valence-electron chi connectivity index (χ4n) is 1.34. The molecule has 0 saturated carbocycles. The molecule has 0 spiro atoms. The van der Waals surface area contributed by atoms with Crippen LogP contribution in [0.2, 0.25) is 0 Å². The second-order valence-corrected chi connectivity index (χ2v) is 6.54. The van der Waals surface area contributed by atoms with Crippen LogP contribution in [0.3, 0.4) is 0 Å². The van der Waals surface area contributed by atoms with Crippen molar-refractivity contribution >= 4 is 43.3 Å². The second kappa shape index (κ2) is 6.76. The van der Waals surface area contributed by atoms with Crippen LogP contribution < -0.4 is 10.5 Å². The largest absolute Gasteiger partial charge is 0.469 e. The number of esters is 1. The molecule has 0 saturated heterocycles. The van der Waals surface area contributed by atoms with Gasteiger partial charge in [-0.3, -0.25) is 9.52 Å². The molecule has 106 valence electrons. The Morgan fingerprint density at radius 2 is 2.16 bits per heavy atom. The number of nitrogens with one attached hydrogen (secondary N) is 1. The molecule has 3 N–H and O–H groups in total. The maximum absolute atomic E-state index is 11.8. The molecule has 0 heterocycles. The first-order chi connectivity index (χ1) is 8.84. The quantitative estimate of drug-likeness (QED) is 0.601. The summed E-state index contributed by atoms with van der Waals surface area (Å²) >= 11 is 3.22. The Hall–Kier alpha value is -1.28. The van der Waals surface area contributed by atoms with Crippen LogP contribution in [0.1, 0.15) is 12.8 Å². The Balaban J connectivity index is 2.61. The minimum Gasteiger partial charge on any atom is -0.469 e. The van der Waals surface area contributed by atoms with Gasteiger partial charge in [-0.15, -0.1) is 0 Å². The first-order valence-corrected chi connectivity index (χ1v) is 7.91. The van der Waals surface area contributed by atoms with Crippen molar-refractivity contribution in [1.29, 1.82) is 0 Å². The van der Waals surface area contributed by atoms with Crippen molar-refractivity contribution in [3.63, 3.8) is 0 Å². The smallest absolute Gasteiger partial charge is 0.305 e. The number of ether oxygens (including phenoxy) is 1. The van der Waals surface area contributed by atoms with Crippen LogP contribution in [0.5, 0.6) is 0 Å². The van der Waals surface area contributed by atoms with E-state index < -0.39 is 16.0 Å². The third kappa shape index (κ3) is 5.48. The summed E-state index contributed by atoms with van der Waals surface area (Å²) in [5, 5.41) is 0. The van der Waals surface area contributed by atoms with Gasteiger partial charge in [-0.25, -0.2) is 8.42 Å². The molecule has 0 aliphatic heterocycles. The number of anilines is 2. The van der Waals surface area contributed by atoms with Gasteiger partial charge in [0, 0.05) is 16.6 Å². The Morgan fingerprint density at radius 1 is 1.47 bits per heavy atom. The monoisotopic (exact) mass is 350 g/mol. The second-order valence-electron chi connectivity index (χ2n) is 3.84. The van der Waals surface area contributed by atoms with Crippen LogP contribution in [-0.4, -0.2) is 27.2 Å². The standard InChI is InChI=1S/C11H15BrN2O4S/c1-18-11(15)3-2-6-19(16,17)14-10-5-4-8(13)7-9(10)12/h4-5,7,14H,2-3,6,13H2,1H3. The lowest BCUT2D eigenvalue weighted by molar-refractivity contribution is -0.140. The maximum atomic E-state index is 11.8. The summed E-state index contributed by atoms with van der Waals surface area (Å²) in [5.74, 6) is -0.581. The van der Waals surface area contributed by atoms with Gasteiger partial charge >= 0.3 is 5.97 Å². The number of nitrogens with two attached hydrogens (primary N) is 1. The molecule has 0 atom stereocenters. The molecule has 19 heavy (non-hydrogen) atoms. The van der Waals surface area contributed by atoms with Gasteiger partial charge < -0.3 is 10.5 Å². The molecule has 0 bridgehead atoms. The van der Waals surface area contributed by atoms with Crippen LogP contribution in [0, 0.1) is 0 Å². The maximum Gasteiger partial charge on any atom is 0.305 e. The first-order valence-electron chi connectivity index (χ1n) is 5.46. The molecule has 1 aromatic rings. The van der Waals surface area contributed by atoms with Crippen LogP contribution in [0.25, 0.3) is 0 Å². The summed E-state index contributed by atoms with van der Waals surface area (Å²) in [5.41, 5.74) is 6.50. The van der Waals surface area contributed by atoms with E-state index in [4.69, 9.17) is 5.73 Å². The van der Waals surface area contributed by atoms with Crippen LogP contribution in [0.4, 0.5) is 11.4 Å². The molecule has 0 radical (unpaired) electrons. The Kier molecular flexibility index (Phi) is 5.61. The van der Waals surface area contributed by atoms with Crippen molar-refractivity contribution in [2.45, 2.75) is 12.8 Å². The Bertz CT molecular complexity index is 560. The third-order valence-electron chi connectivity index (χ3n) is 2.28. The number of nitrogen functional groups attached to an aromatic ring is 1. The molecule has 0 aliphatic rings. The number of hydrogen-bond donors (Lipinski definition) is 2. The molecule has 1 aromatic carbocycles. The van der Waals surface area contributed by atoms with Crippen molar-refractivity contribution in [2.24, 2.45) is 0 Å². The highest BCUT2D eigenvalue weighted by atomic mass is 79.9. The fraction of sp³-hybridized carbons (Fsp3) is 0.364. The van der Waals surface area contributed by atoms with Gasteiger partial charge in [-0.05, 0) is 40.5 Å². The van der Waals surface area contributed by atoms with Gasteiger partial charge in [0.1, 0.15) is 0 Å². The van der Waals surface area contributed by atoms with Crippen LogP contribution in [-0.2, 0) is 19.6 Å². The predicted octanol–water partition coefficient (Wildman–Crippen LogP) is 1.73. The Labute approximate surface area is 120 Å². The SMILES string of the molecule is COC(=O)CCCS(=O)(=O)Nc1ccc(N)cc1Br. The number of rotatable bonds is 6. The summed E-state index contributed by atoms with van der Waals surface area (Å²) in [7, 11) is -2.24. The van der Waals surface area contributed by atoms with Gasteiger partial charge in [0.05, 0.1) is 18.6 Å². The van der Waals surface area contributed by atoms with E-state index in [1.54, 1.807) is 18.2 Å². The minimum absolute atomic E-state index is 0.0698. The summed E-state index contributed by atoms with van der Waals surface area (Å²) in [6, 6.07) is 4.76. The van der Waals surface area contributed by atoms with E-state index in [2.05, 4.69) is 25.4 Å². The average Bonchev–Trinajstić information content (AvgIpc) is 2.32. The topological polar surface area (TPSA) is 98.5 Å². The van der Waals surface area contributed by atoms with Gasteiger partial charge in [-0.2, -0.15) is 0 Å². The number of benzene rings is 1. The van der Waals surface area contributed by atoms with E-state index in [0.717, 1.165) is 0 Å². The number of carbonyl (C=O) groups excluding carboxylic acids is 1. The predicted molar refractivity (Wildman–Crippen MR) is 77.2 cm³/mol. The van der Waals surface area contributed by atoms with E-state index in [1.807, 2.05) is 0 Å². The van der Waals surface area contributed by atoms with Crippen molar-refractivity contribution in [2.75, 3.05) is 23.3 Å². The zero-order valence-electron chi connectivity index (χ0n) is 10.3. The molecule has 1 rings (SSSR count). The van der Waals surface area contributed by atoms with Crippen LogP contribution >= 0.6 is 15.9 Å². The average molecular weight is 351 g/mol. The van der Waals surface area contributed by atoms with Crippen molar-refractivity contribution < 1.29 is 17.9 Å². The zero-order chi connectivity index (χ0) is 14.5. The molecule has 0 amide bonds. The first kappa shape index (κ1) is 15.8. The van der Waals surface area contributed by atoms with Gasteiger partial charge in [0.25, 0.3) is 0 Å². The summed E-state index contributed by atoms with van der Waals surface area (Å²) in [4.78, 5) is 10.9. The Morgan fingerprint density at radius 3 is 2.74 bits per heavy atom. The van der Waals surface area contributed by atoms with E-state index in [9.17, 15) is 13.2 Å². The molecule has 0 aromatic heterocycles. The lowest BCUT2D eigenvalue weighted by Crippen LogP contribution is -2.18. The van der Waals surface area contributed by atoms with E-state index >= 15 is 0 Å². The lowest BCUT2D eigenvalue weighted by atomic mass is 10.3. The van der Waals surface area contributed by atoms with E-state index in [1.165, 1.54) is 7.11 Å². The zero-order valence-corrected chi connectivity index (χ0v) is 12.8. The fourth-order valence-corrected chi connectivity index (χ4v) is 3.11. The number of carbonyl (C=O) groups is 1. The number of halogens is 1. The summed E-state index contributed by atoms with van der Waals surface area (Å²) in [6.45, 7) is 0. The van der Waals surface area contributed by atoms with Gasteiger partial charge in [-0.1, -0.05) is 0 Å². The number of sulfonamides is 1. The van der Waals surface area contributed by atoms with Gasteiger partial charge in [0.15, 0.2) is 0 Å². The lowest BCUT2D eigenvalue weighted by Gasteiger charge is -2.09. The number of hydrogen-bond acceptors (Lipinski definition) is 5. The molecule has 8 heteroatoms. The molecule has 0 fully saturated rings. The van der Waals surface area contributed by atoms with Crippen molar-refractivity contribution in [3.8, 4) is 0 Å². The molecule has 0 aliphatic carbocycles. The summed E-state index contributed by atoms with van der Waals surface area (Å²) < 4.78 is 31.0.